The highest BCUT2D eigenvalue weighted by Crippen LogP contribution is 2.49. The summed E-state index contributed by atoms with van der Waals surface area (Å²) in [5.41, 5.74) is -0.358. The van der Waals surface area contributed by atoms with Gasteiger partial charge in [0.1, 0.15) is 5.60 Å². The van der Waals surface area contributed by atoms with E-state index in [1.54, 1.807) is 6.92 Å². The third kappa shape index (κ3) is 1.10. The molecular formula is C10H14O3. The molecule has 1 fully saturated rings. The van der Waals surface area contributed by atoms with E-state index in [2.05, 4.69) is 0 Å². The Bertz CT molecular complexity index is 269. The molecule has 72 valence electrons. The van der Waals surface area contributed by atoms with Crippen LogP contribution in [-0.2, 0) is 9.53 Å². The molecule has 2 rings (SSSR count). The molecule has 0 amide bonds. The van der Waals surface area contributed by atoms with Crippen LogP contribution in [-0.4, -0.2) is 23.3 Å². The second-order valence-electron chi connectivity index (χ2n) is 3.72. The van der Waals surface area contributed by atoms with Gasteiger partial charge >= 0.3 is 5.97 Å². The van der Waals surface area contributed by atoms with E-state index in [-0.39, 0.29) is 11.9 Å². The number of carbonyl (C=O) groups is 1. The molecule has 1 saturated carbocycles. The van der Waals surface area contributed by atoms with E-state index in [0.29, 0.717) is 18.6 Å². The average Bonchev–Trinajstić information content (AvgIpc) is 2.33. The fourth-order valence-corrected chi connectivity index (χ4v) is 2.27. The first-order valence-electron chi connectivity index (χ1n) is 4.80. The maximum atomic E-state index is 11.3. The summed E-state index contributed by atoms with van der Waals surface area (Å²) in [4.78, 5) is 11.3. The van der Waals surface area contributed by atoms with Gasteiger partial charge in [-0.15, -0.1) is 0 Å². The summed E-state index contributed by atoms with van der Waals surface area (Å²) < 4.78 is 4.85. The first-order chi connectivity index (χ1) is 6.18. The minimum atomic E-state index is -0.841. The van der Waals surface area contributed by atoms with Gasteiger partial charge in [0.15, 0.2) is 0 Å². The Morgan fingerprint density at radius 2 is 2.62 bits per heavy atom. The lowest BCUT2D eigenvalue weighted by Crippen LogP contribution is -2.45. The maximum absolute atomic E-state index is 11.3. The zero-order valence-corrected chi connectivity index (χ0v) is 7.75. The number of ether oxygens (including phenoxy) is 1. The highest BCUT2D eigenvalue weighted by molar-refractivity contribution is 5.93. The summed E-state index contributed by atoms with van der Waals surface area (Å²) in [6.07, 6.45) is 4.56. The molecular weight excluding hydrogens is 168 g/mol. The Balaban J connectivity index is 2.11. The van der Waals surface area contributed by atoms with Crippen LogP contribution in [0.4, 0.5) is 0 Å². The summed E-state index contributed by atoms with van der Waals surface area (Å²) in [5.74, 6) is -0.143. The van der Waals surface area contributed by atoms with Crippen molar-refractivity contribution in [1.82, 2.24) is 0 Å². The van der Waals surface area contributed by atoms with E-state index in [1.165, 1.54) is 0 Å². The van der Waals surface area contributed by atoms with Crippen LogP contribution in [0.1, 0.15) is 26.2 Å². The number of hydrogen-bond acceptors (Lipinski definition) is 3. The van der Waals surface area contributed by atoms with E-state index in [9.17, 15) is 9.90 Å². The Labute approximate surface area is 77.4 Å². The Morgan fingerprint density at radius 3 is 3.23 bits per heavy atom. The summed E-state index contributed by atoms with van der Waals surface area (Å²) in [6.45, 7) is 2.14. The van der Waals surface area contributed by atoms with Crippen molar-refractivity contribution in [2.45, 2.75) is 31.8 Å². The van der Waals surface area contributed by atoms with Crippen molar-refractivity contribution in [1.29, 1.82) is 0 Å². The molecule has 2 aliphatic rings. The maximum Gasteiger partial charge on any atom is 0.336 e. The van der Waals surface area contributed by atoms with E-state index < -0.39 is 5.60 Å². The van der Waals surface area contributed by atoms with Crippen LogP contribution in [0, 0.1) is 5.92 Å². The molecule has 3 nitrogen and oxygen atoms in total. The predicted octanol–water partition coefficient (Wildman–Crippen LogP) is 1.02. The molecule has 0 bridgehead atoms. The Hall–Kier alpha value is -0.830. The summed E-state index contributed by atoms with van der Waals surface area (Å²) in [5, 5.41) is 10.0. The van der Waals surface area contributed by atoms with Crippen LogP contribution in [0.3, 0.4) is 0 Å². The molecule has 0 radical (unpaired) electrons. The normalized spacial score (nSPS) is 36.2. The third-order valence-corrected chi connectivity index (χ3v) is 3.02. The van der Waals surface area contributed by atoms with E-state index in [0.717, 1.165) is 12.8 Å². The predicted molar refractivity (Wildman–Crippen MR) is 47.0 cm³/mol. The quantitative estimate of drug-likeness (QED) is 0.648. The number of aliphatic hydroxyl groups is 1. The fraction of sp³-hybridized carbons (Fsp3) is 0.700. The van der Waals surface area contributed by atoms with Crippen molar-refractivity contribution < 1.29 is 14.6 Å². The molecule has 0 aromatic carbocycles. The molecule has 0 spiro atoms. The van der Waals surface area contributed by atoms with Crippen molar-refractivity contribution in [2.24, 2.45) is 5.92 Å². The van der Waals surface area contributed by atoms with Gasteiger partial charge in [0, 0.05) is 5.92 Å². The zero-order valence-electron chi connectivity index (χ0n) is 7.75. The van der Waals surface area contributed by atoms with Crippen LogP contribution in [0.2, 0.25) is 0 Å². The van der Waals surface area contributed by atoms with Gasteiger partial charge in [-0.05, 0) is 26.2 Å². The first kappa shape index (κ1) is 8.75. The van der Waals surface area contributed by atoms with Gasteiger partial charge in [-0.2, -0.15) is 0 Å². The second kappa shape index (κ2) is 2.84. The topological polar surface area (TPSA) is 46.5 Å². The standard InChI is InChI=1S/C10H14O3/c1-2-13-9(11)8-6-7-4-3-5-10(7,8)12/h6-7,12H,2-5H2,1H3/t7?,10-/m1/s1. The Kier molecular flexibility index (Phi) is 1.91. The third-order valence-electron chi connectivity index (χ3n) is 3.02. The van der Waals surface area contributed by atoms with Crippen LogP contribution in [0.15, 0.2) is 11.6 Å². The number of carbonyl (C=O) groups excluding carboxylic acids is 1. The number of fused-ring (bicyclic) bond motifs is 1. The first-order valence-corrected chi connectivity index (χ1v) is 4.80. The van der Waals surface area contributed by atoms with E-state index in [1.807, 2.05) is 6.08 Å². The smallest absolute Gasteiger partial charge is 0.336 e. The van der Waals surface area contributed by atoms with Crippen LogP contribution >= 0.6 is 0 Å². The largest absolute Gasteiger partial charge is 0.463 e. The van der Waals surface area contributed by atoms with Crippen LogP contribution < -0.4 is 0 Å². The molecule has 2 atom stereocenters. The van der Waals surface area contributed by atoms with Gasteiger partial charge in [0.2, 0.25) is 0 Å². The van der Waals surface area contributed by atoms with Gasteiger partial charge in [0.25, 0.3) is 0 Å². The molecule has 2 aliphatic carbocycles. The molecule has 1 unspecified atom stereocenters. The molecule has 1 N–H and O–H groups in total. The average molecular weight is 182 g/mol. The molecule has 13 heavy (non-hydrogen) atoms. The lowest BCUT2D eigenvalue weighted by Gasteiger charge is -2.38. The van der Waals surface area contributed by atoms with Crippen molar-refractivity contribution in [3.63, 3.8) is 0 Å². The number of esters is 1. The molecule has 3 heteroatoms. The van der Waals surface area contributed by atoms with Gasteiger partial charge in [0.05, 0.1) is 12.2 Å². The van der Waals surface area contributed by atoms with Crippen LogP contribution in [0.25, 0.3) is 0 Å². The fourth-order valence-electron chi connectivity index (χ4n) is 2.27. The monoisotopic (exact) mass is 182 g/mol. The van der Waals surface area contributed by atoms with Gasteiger partial charge in [-0.25, -0.2) is 4.79 Å². The van der Waals surface area contributed by atoms with Crippen molar-refractivity contribution in [2.75, 3.05) is 6.61 Å². The zero-order chi connectivity index (χ0) is 9.47. The van der Waals surface area contributed by atoms with Gasteiger partial charge < -0.3 is 9.84 Å². The van der Waals surface area contributed by atoms with Crippen LogP contribution in [0.5, 0.6) is 0 Å². The molecule has 0 heterocycles. The minimum Gasteiger partial charge on any atom is -0.463 e. The summed E-state index contributed by atoms with van der Waals surface area (Å²) in [7, 11) is 0. The highest BCUT2D eigenvalue weighted by Gasteiger charge is 2.53. The van der Waals surface area contributed by atoms with E-state index in [4.69, 9.17) is 4.74 Å². The lowest BCUT2D eigenvalue weighted by atomic mass is 9.72. The number of rotatable bonds is 2. The molecule has 0 aromatic heterocycles. The van der Waals surface area contributed by atoms with Gasteiger partial charge in [-0.3, -0.25) is 0 Å². The lowest BCUT2D eigenvalue weighted by molar-refractivity contribution is -0.143. The number of hydrogen-bond donors (Lipinski definition) is 1. The highest BCUT2D eigenvalue weighted by atomic mass is 16.5. The summed E-state index contributed by atoms with van der Waals surface area (Å²) in [6, 6.07) is 0. The second-order valence-corrected chi connectivity index (χ2v) is 3.72. The SMILES string of the molecule is CCOC(=O)C1=CC2CCC[C@]12O. The molecule has 0 aliphatic heterocycles. The van der Waals surface area contributed by atoms with Crippen molar-refractivity contribution in [3.05, 3.63) is 11.6 Å². The minimum absolute atomic E-state index is 0.201. The molecule has 0 saturated heterocycles. The molecule has 0 aromatic rings. The summed E-state index contributed by atoms with van der Waals surface area (Å²) >= 11 is 0. The Morgan fingerprint density at radius 1 is 1.85 bits per heavy atom. The van der Waals surface area contributed by atoms with Crippen molar-refractivity contribution >= 4 is 5.97 Å². The van der Waals surface area contributed by atoms with Gasteiger partial charge in [-0.1, -0.05) is 6.08 Å². The van der Waals surface area contributed by atoms with E-state index >= 15 is 0 Å². The van der Waals surface area contributed by atoms with Crippen molar-refractivity contribution in [3.8, 4) is 0 Å².